The third kappa shape index (κ3) is 3.70. The molecule has 1 aliphatic heterocycles. The van der Waals surface area contributed by atoms with Crippen molar-refractivity contribution in [3.63, 3.8) is 0 Å². The Morgan fingerprint density at radius 2 is 2.50 bits per heavy atom. The third-order valence-electron chi connectivity index (χ3n) is 3.25. The number of rotatable bonds is 5. The number of H-pyrrole nitrogens is 1. The number of aromatic nitrogens is 2. The summed E-state index contributed by atoms with van der Waals surface area (Å²) < 4.78 is 5.57. The summed E-state index contributed by atoms with van der Waals surface area (Å²) in [4.78, 5) is 11.9. The van der Waals surface area contributed by atoms with Crippen LogP contribution in [-0.2, 0) is 9.53 Å². The van der Waals surface area contributed by atoms with Crippen molar-refractivity contribution in [1.29, 1.82) is 0 Å². The Bertz CT molecular complexity index is 479. The summed E-state index contributed by atoms with van der Waals surface area (Å²) >= 11 is 0. The van der Waals surface area contributed by atoms with Crippen LogP contribution < -0.4 is 11.1 Å². The first-order valence-corrected chi connectivity index (χ1v) is 6.63. The second-order valence-electron chi connectivity index (χ2n) is 4.72. The normalized spacial score (nSPS) is 19.8. The van der Waals surface area contributed by atoms with Crippen molar-refractivity contribution in [2.24, 2.45) is 10.9 Å². The van der Waals surface area contributed by atoms with Crippen LogP contribution in [0.3, 0.4) is 0 Å². The molecule has 20 heavy (non-hydrogen) atoms. The monoisotopic (exact) mass is 281 g/mol. The number of aromatic amines is 1. The fourth-order valence-electron chi connectivity index (χ4n) is 2.16. The minimum atomic E-state index is -0.157. The molecule has 1 amide bonds. The molecule has 110 valence electrons. The summed E-state index contributed by atoms with van der Waals surface area (Å²) in [7, 11) is 0. The quantitative estimate of drug-likeness (QED) is 0.275. The van der Waals surface area contributed by atoms with Crippen molar-refractivity contribution in [3.8, 4) is 0 Å². The van der Waals surface area contributed by atoms with Crippen molar-refractivity contribution < 1.29 is 14.7 Å². The van der Waals surface area contributed by atoms with Crippen LogP contribution in [0.4, 0.5) is 5.82 Å². The molecule has 0 bridgehead atoms. The number of oxime groups is 1. The van der Waals surface area contributed by atoms with Crippen LogP contribution in [0.15, 0.2) is 11.4 Å². The fourth-order valence-corrected chi connectivity index (χ4v) is 2.16. The first-order chi connectivity index (χ1) is 9.70. The Morgan fingerprint density at radius 3 is 3.20 bits per heavy atom. The van der Waals surface area contributed by atoms with Crippen molar-refractivity contribution in [1.82, 2.24) is 10.2 Å². The van der Waals surface area contributed by atoms with Crippen molar-refractivity contribution in [2.45, 2.75) is 38.2 Å². The molecular formula is C12H19N5O3. The summed E-state index contributed by atoms with van der Waals surface area (Å²) in [5, 5.41) is 20.5. The molecule has 0 aliphatic carbocycles. The lowest BCUT2D eigenvalue weighted by molar-refractivity contribution is -0.117. The summed E-state index contributed by atoms with van der Waals surface area (Å²) in [6.45, 7) is 0.778. The fraction of sp³-hybridized carbons (Fsp3) is 0.583. The predicted octanol–water partition coefficient (Wildman–Crippen LogP) is 0.792. The zero-order chi connectivity index (χ0) is 14.4. The number of carbonyl (C=O) groups is 1. The summed E-state index contributed by atoms with van der Waals surface area (Å²) in [5.41, 5.74) is 5.83. The van der Waals surface area contributed by atoms with Crippen LogP contribution in [-0.4, -0.2) is 39.9 Å². The number of amidine groups is 1. The number of carbonyl (C=O) groups excluding carboxylic acids is 1. The number of nitrogens with two attached hydrogens (primary N) is 1. The summed E-state index contributed by atoms with van der Waals surface area (Å²) in [5.74, 6) is 0.0648. The molecule has 1 aromatic heterocycles. The Kier molecular flexibility index (Phi) is 4.94. The highest BCUT2D eigenvalue weighted by atomic mass is 16.5. The maximum Gasteiger partial charge on any atom is 0.225 e. The molecule has 1 atom stereocenters. The maximum absolute atomic E-state index is 11.9. The topological polar surface area (TPSA) is 126 Å². The van der Waals surface area contributed by atoms with Crippen LogP contribution in [0, 0.1) is 0 Å². The average molecular weight is 281 g/mol. The zero-order valence-electron chi connectivity index (χ0n) is 11.1. The number of amides is 1. The second-order valence-corrected chi connectivity index (χ2v) is 4.72. The molecule has 8 nitrogen and oxygen atoms in total. The largest absolute Gasteiger partial charge is 0.409 e. The van der Waals surface area contributed by atoms with Crippen LogP contribution in [0.5, 0.6) is 0 Å². The van der Waals surface area contributed by atoms with E-state index in [0.29, 0.717) is 24.2 Å². The van der Waals surface area contributed by atoms with Gasteiger partial charge in [-0.2, -0.15) is 5.10 Å². The van der Waals surface area contributed by atoms with E-state index in [1.807, 2.05) is 0 Å². The van der Waals surface area contributed by atoms with Gasteiger partial charge in [-0.1, -0.05) is 5.16 Å². The number of hydrogen-bond donors (Lipinski definition) is 4. The van der Waals surface area contributed by atoms with Crippen LogP contribution in [0.1, 0.15) is 37.7 Å². The SMILES string of the molecule is NC(=NO)c1cn[nH]c1NC(=O)CCC1CCCCO1. The first kappa shape index (κ1) is 14.3. The van der Waals surface area contributed by atoms with E-state index < -0.39 is 0 Å². The van der Waals surface area contributed by atoms with Gasteiger partial charge in [-0.15, -0.1) is 0 Å². The van der Waals surface area contributed by atoms with Crippen LogP contribution in [0.25, 0.3) is 0 Å². The minimum absolute atomic E-state index is 0.107. The Balaban J connectivity index is 1.83. The van der Waals surface area contributed by atoms with E-state index in [2.05, 4.69) is 20.7 Å². The Labute approximate surface area is 116 Å². The first-order valence-electron chi connectivity index (χ1n) is 6.63. The number of nitrogens with one attached hydrogen (secondary N) is 2. The number of hydrogen-bond acceptors (Lipinski definition) is 5. The lowest BCUT2D eigenvalue weighted by Crippen LogP contribution is -2.22. The van der Waals surface area contributed by atoms with E-state index in [-0.39, 0.29) is 17.8 Å². The number of nitrogens with zero attached hydrogens (tertiary/aromatic N) is 2. The predicted molar refractivity (Wildman–Crippen MR) is 72.6 cm³/mol. The molecule has 5 N–H and O–H groups in total. The molecule has 0 radical (unpaired) electrons. The molecule has 1 aliphatic rings. The summed E-state index contributed by atoms with van der Waals surface area (Å²) in [6.07, 6.45) is 5.86. The van der Waals surface area contributed by atoms with Crippen molar-refractivity contribution >= 4 is 17.6 Å². The Morgan fingerprint density at radius 1 is 1.65 bits per heavy atom. The van der Waals surface area contributed by atoms with Gasteiger partial charge in [0, 0.05) is 13.0 Å². The number of anilines is 1. The lowest BCUT2D eigenvalue weighted by atomic mass is 10.0. The molecule has 0 spiro atoms. The van der Waals surface area contributed by atoms with Gasteiger partial charge in [-0.25, -0.2) is 0 Å². The van der Waals surface area contributed by atoms with Gasteiger partial charge in [0.1, 0.15) is 5.82 Å². The lowest BCUT2D eigenvalue weighted by Gasteiger charge is -2.22. The van der Waals surface area contributed by atoms with E-state index in [9.17, 15) is 4.79 Å². The second kappa shape index (κ2) is 6.90. The van der Waals surface area contributed by atoms with E-state index >= 15 is 0 Å². The highest BCUT2D eigenvalue weighted by Gasteiger charge is 2.17. The van der Waals surface area contributed by atoms with Gasteiger partial charge in [0.15, 0.2) is 5.84 Å². The van der Waals surface area contributed by atoms with Gasteiger partial charge >= 0.3 is 0 Å². The van der Waals surface area contributed by atoms with Gasteiger partial charge < -0.3 is 21.0 Å². The standard InChI is InChI=1S/C12H19N5O3/c13-11(17-19)9-7-14-16-12(9)15-10(18)5-4-8-3-1-2-6-20-8/h7-8,19H,1-6H2,(H2,13,17)(H2,14,15,16,18). The molecule has 1 fully saturated rings. The third-order valence-corrected chi connectivity index (χ3v) is 3.25. The van der Waals surface area contributed by atoms with Crippen molar-refractivity contribution in [2.75, 3.05) is 11.9 Å². The summed E-state index contributed by atoms with van der Waals surface area (Å²) in [6, 6.07) is 0. The highest BCUT2D eigenvalue weighted by Crippen LogP contribution is 2.17. The highest BCUT2D eigenvalue weighted by molar-refractivity contribution is 6.04. The maximum atomic E-state index is 11.9. The molecule has 0 aromatic carbocycles. The molecule has 2 heterocycles. The molecule has 8 heteroatoms. The van der Waals surface area contributed by atoms with Crippen molar-refractivity contribution in [3.05, 3.63) is 11.8 Å². The van der Waals surface area contributed by atoms with Gasteiger partial charge in [0.05, 0.1) is 17.9 Å². The molecule has 0 saturated carbocycles. The Hall–Kier alpha value is -2.09. The molecule has 1 unspecified atom stereocenters. The van der Waals surface area contributed by atoms with E-state index in [0.717, 1.165) is 25.9 Å². The molecule has 2 rings (SSSR count). The van der Waals surface area contributed by atoms with Gasteiger partial charge in [0.2, 0.25) is 5.91 Å². The number of ether oxygens (including phenoxy) is 1. The van der Waals surface area contributed by atoms with Gasteiger partial charge in [-0.3, -0.25) is 9.89 Å². The van der Waals surface area contributed by atoms with Crippen LogP contribution >= 0.6 is 0 Å². The molecule has 1 saturated heterocycles. The van der Waals surface area contributed by atoms with Crippen LogP contribution in [0.2, 0.25) is 0 Å². The van der Waals surface area contributed by atoms with E-state index in [4.69, 9.17) is 15.7 Å². The molecular weight excluding hydrogens is 262 g/mol. The molecule has 1 aromatic rings. The van der Waals surface area contributed by atoms with E-state index in [1.165, 1.54) is 6.20 Å². The average Bonchev–Trinajstić information content (AvgIpc) is 2.93. The van der Waals surface area contributed by atoms with Gasteiger partial charge in [-0.05, 0) is 25.7 Å². The minimum Gasteiger partial charge on any atom is -0.409 e. The smallest absolute Gasteiger partial charge is 0.225 e. The zero-order valence-corrected chi connectivity index (χ0v) is 11.1. The van der Waals surface area contributed by atoms with E-state index in [1.54, 1.807) is 0 Å². The van der Waals surface area contributed by atoms with Gasteiger partial charge in [0.25, 0.3) is 0 Å².